The fraction of sp³-hybridized carbons (Fsp3) is 0.394. The predicted molar refractivity (Wildman–Crippen MR) is 169 cm³/mol. The number of hydrazine groups is 1. The largest absolute Gasteiger partial charge is 0.497 e. The molecule has 0 aliphatic carbocycles. The van der Waals surface area contributed by atoms with E-state index in [0.717, 1.165) is 6.42 Å². The molecule has 2 atom stereocenters. The minimum Gasteiger partial charge on any atom is -0.497 e. The first kappa shape index (κ1) is 32.3. The van der Waals surface area contributed by atoms with E-state index >= 15 is 0 Å². The van der Waals surface area contributed by atoms with Crippen molar-refractivity contribution in [1.82, 2.24) is 10.9 Å². The molecule has 1 aliphatic rings. The molecule has 3 aromatic carbocycles. The topological polar surface area (TPSA) is 150 Å². The van der Waals surface area contributed by atoms with Crippen LogP contribution in [-0.4, -0.2) is 49.3 Å². The summed E-state index contributed by atoms with van der Waals surface area (Å²) in [4.78, 5) is 22.4. The van der Waals surface area contributed by atoms with Crippen LogP contribution >= 0.6 is 0 Å². The highest BCUT2D eigenvalue weighted by Gasteiger charge is 2.53. The number of carbonyl (C=O) groups is 1. The molecule has 4 rings (SSSR count). The van der Waals surface area contributed by atoms with Gasteiger partial charge in [0.1, 0.15) is 11.5 Å². The first-order valence-corrected chi connectivity index (χ1v) is 14.6. The van der Waals surface area contributed by atoms with Crippen LogP contribution in [0.4, 0.5) is 5.69 Å². The predicted octanol–water partition coefficient (Wildman–Crippen LogP) is 5.95. The summed E-state index contributed by atoms with van der Waals surface area (Å²) in [5.41, 5.74) is 16.2. The number of aliphatic imine (C=N–C) groups is 1. The first-order valence-electron chi connectivity index (χ1n) is 14.6. The molecule has 0 saturated heterocycles. The molecule has 3 aromatic rings. The third-order valence-corrected chi connectivity index (χ3v) is 7.23. The van der Waals surface area contributed by atoms with Crippen molar-refractivity contribution in [2.75, 3.05) is 26.9 Å². The van der Waals surface area contributed by atoms with Crippen LogP contribution in [0.5, 0.6) is 11.5 Å². The number of nitrogens with one attached hydrogen (secondary N) is 2. The van der Waals surface area contributed by atoms with Crippen LogP contribution in [0.15, 0.2) is 82.9 Å². The number of azide groups is 1. The number of benzene rings is 3. The van der Waals surface area contributed by atoms with Gasteiger partial charge in [0, 0.05) is 42.2 Å². The Balaban J connectivity index is 1.80. The second-order valence-electron chi connectivity index (χ2n) is 11.8. The Labute approximate surface area is 257 Å². The van der Waals surface area contributed by atoms with Crippen LogP contribution in [0.1, 0.15) is 56.4 Å². The fourth-order valence-corrected chi connectivity index (χ4v) is 4.87. The summed E-state index contributed by atoms with van der Waals surface area (Å²) in [6.07, 6.45) is 0.592. The highest BCUT2D eigenvalue weighted by atomic mass is 16.5. The monoisotopic (exact) mass is 600 g/mol. The van der Waals surface area contributed by atoms with Gasteiger partial charge in [0.15, 0.2) is 11.6 Å². The third kappa shape index (κ3) is 8.08. The maximum Gasteiger partial charge on any atom is 0.266 e. The van der Waals surface area contributed by atoms with Crippen LogP contribution < -0.4 is 20.3 Å². The van der Waals surface area contributed by atoms with E-state index in [1.165, 1.54) is 0 Å². The van der Waals surface area contributed by atoms with E-state index in [-0.39, 0.29) is 24.3 Å². The van der Waals surface area contributed by atoms with Crippen molar-refractivity contribution < 1.29 is 24.1 Å². The zero-order valence-electron chi connectivity index (χ0n) is 25.6. The number of aliphatic hydroxyl groups is 1. The number of hydrogen-bond acceptors (Lipinski definition) is 8. The maximum atomic E-state index is 14.3. The second-order valence-corrected chi connectivity index (χ2v) is 11.8. The Kier molecular flexibility index (Phi) is 10.8. The zero-order chi connectivity index (χ0) is 31.6. The van der Waals surface area contributed by atoms with Crippen molar-refractivity contribution in [1.29, 1.82) is 0 Å². The standard InChI is InChI=1S/C33H40N6O5/c1-32(2,3)17-18-35-38-31(41)33(22-25-9-5-6-12-28(25)37-39-34)29(24-10-7-11-27(21-24)42-4)44-30(36-33)23-13-15-26(16-14-23)43-20-8-19-40/h5-7,9-16,21,29,35,40H,8,17-20,22H2,1-4H3,(H,38,41)/t29-,33-/m0/s1. The highest BCUT2D eigenvalue weighted by molar-refractivity contribution is 6.01. The number of carbonyl (C=O) groups excluding carboxylic acids is 1. The number of hydrogen-bond donors (Lipinski definition) is 3. The lowest BCUT2D eigenvalue weighted by Crippen LogP contribution is -2.54. The summed E-state index contributed by atoms with van der Waals surface area (Å²) in [5.74, 6) is 1.14. The van der Waals surface area contributed by atoms with E-state index in [2.05, 4.69) is 41.6 Å². The molecule has 1 amide bonds. The second kappa shape index (κ2) is 14.7. The smallest absolute Gasteiger partial charge is 0.266 e. The molecule has 11 heteroatoms. The lowest BCUT2D eigenvalue weighted by molar-refractivity contribution is -0.130. The number of rotatable bonds is 14. The third-order valence-electron chi connectivity index (χ3n) is 7.23. The minimum absolute atomic E-state index is 0.0480. The molecule has 44 heavy (non-hydrogen) atoms. The lowest BCUT2D eigenvalue weighted by Gasteiger charge is -2.31. The van der Waals surface area contributed by atoms with E-state index in [4.69, 9.17) is 24.3 Å². The van der Waals surface area contributed by atoms with Crippen molar-refractivity contribution in [3.8, 4) is 11.5 Å². The number of amides is 1. The van der Waals surface area contributed by atoms with Crippen LogP contribution in [0.2, 0.25) is 0 Å². The van der Waals surface area contributed by atoms with Crippen molar-refractivity contribution in [3.63, 3.8) is 0 Å². The maximum absolute atomic E-state index is 14.3. The minimum atomic E-state index is -1.49. The molecule has 1 heterocycles. The van der Waals surface area contributed by atoms with Gasteiger partial charge < -0.3 is 19.3 Å². The molecule has 0 radical (unpaired) electrons. The van der Waals surface area contributed by atoms with Gasteiger partial charge in [-0.2, -0.15) is 0 Å². The summed E-state index contributed by atoms with van der Waals surface area (Å²) >= 11 is 0. The molecule has 1 aliphatic heterocycles. The Hall–Kier alpha value is -4.57. The summed E-state index contributed by atoms with van der Waals surface area (Å²) in [6.45, 7) is 7.39. The van der Waals surface area contributed by atoms with Crippen LogP contribution in [0.3, 0.4) is 0 Å². The van der Waals surface area contributed by atoms with Gasteiger partial charge in [-0.15, -0.1) is 0 Å². The molecule has 232 valence electrons. The molecular weight excluding hydrogens is 560 g/mol. The number of nitrogens with zero attached hydrogens (tertiary/aromatic N) is 4. The summed E-state index contributed by atoms with van der Waals surface area (Å²) in [7, 11) is 1.58. The van der Waals surface area contributed by atoms with Crippen molar-refractivity contribution in [2.24, 2.45) is 15.5 Å². The Morgan fingerprint density at radius 2 is 1.89 bits per heavy atom. The molecule has 3 N–H and O–H groups in total. The Morgan fingerprint density at radius 1 is 1.11 bits per heavy atom. The van der Waals surface area contributed by atoms with Gasteiger partial charge >= 0.3 is 0 Å². The number of ether oxygens (including phenoxy) is 3. The van der Waals surface area contributed by atoms with Crippen LogP contribution in [0.25, 0.3) is 10.4 Å². The quantitative estimate of drug-likeness (QED) is 0.0684. The van der Waals surface area contributed by atoms with Gasteiger partial charge in [-0.1, -0.05) is 62.3 Å². The molecule has 0 saturated carbocycles. The zero-order valence-corrected chi connectivity index (χ0v) is 25.6. The summed E-state index contributed by atoms with van der Waals surface area (Å²) in [6, 6.07) is 21.7. The number of aliphatic hydroxyl groups excluding tert-OH is 1. The van der Waals surface area contributed by atoms with Gasteiger partial charge in [0.2, 0.25) is 5.90 Å². The van der Waals surface area contributed by atoms with Crippen LogP contribution in [-0.2, 0) is 16.0 Å². The van der Waals surface area contributed by atoms with Gasteiger partial charge in [-0.3, -0.25) is 10.2 Å². The van der Waals surface area contributed by atoms with Crippen molar-refractivity contribution in [2.45, 2.75) is 51.7 Å². The Morgan fingerprint density at radius 3 is 2.59 bits per heavy atom. The highest BCUT2D eigenvalue weighted by Crippen LogP contribution is 2.44. The van der Waals surface area contributed by atoms with E-state index < -0.39 is 17.6 Å². The van der Waals surface area contributed by atoms with E-state index in [1.807, 2.05) is 48.5 Å². The summed E-state index contributed by atoms with van der Waals surface area (Å²) < 4.78 is 17.8. The van der Waals surface area contributed by atoms with E-state index in [0.29, 0.717) is 53.4 Å². The van der Waals surface area contributed by atoms with Gasteiger partial charge in [0.05, 0.1) is 13.7 Å². The molecule has 0 spiro atoms. The van der Waals surface area contributed by atoms with Gasteiger partial charge in [0.25, 0.3) is 5.91 Å². The number of methoxy groups -OCH3 is 1. The Bertz CT molecular complexity index is 1500. The SMILES string of the molecule is COc1cccc([C@@H]2OC(c3ccc(OCCCO)cc3)=N[C@]2(Cc2ccccc2N=[N+]=[N-])C(=O)NNCCC(C)(C)C)c1. The molecule has 0 unspecified atom stereocenters. The van der Waals surface area contributed by atoms with E-state index in [9.17, 15) is 10.3 Å². The average molecular weight is 601 g/mol. The van der Waals surface area contributed by atoms with Gasteiger partial charge in [-0.05, 0) is 64.9 Å². The molecular formula is C33H40N6O5. The van der Waals surface area contributed by atoms with Crippen molar-refractivity contribution >= 4 is 17.5 Å². The molecule has 0 aromatic heterocycles. The first-order chi connectivity index (χ1) is 21.2. The molecule has 0 fully saturated rings. The van der Waals surface area contributed by atoms with E-state index in [1.54, 1.807) is 31.4 Å². The molecule has 0 bridgehead atoms. The van der Waals surface area contributed by atoms with Gasteiger partial charge in [-0.25, -0.2) is 10.4 Å². The molecule has 11 nitrogen and oxygen atoms in total. The average Bonchev–Trinajstić information content (AvgIpc) is 3.41. The summed E-state index contributed by atoms with van der Waals surface area (Å²) in [5, 5.41) is 12.9. The normalized spacial score (nSPS) is 17.7. The fourth-order valence-electron chi connectivity index (χ4n) is 4.87. The van der Waals surface area contributed by atoms with Crippen molar-refractivity contribution in [3.05, 3.63) is 99.9 Å². The lowest BCUT2D eigenvalue weighted by atomic mass is 9.81. The van der Waals surface area contributed by atoms with Crippen LogP contribution in [0, 0.1) is 5.41 Å².